The van der Waals surface area contributed by atoms with E-state index in [1.807, 2.05) is 0 Å². The molecule has 0 spiro atoms. The van der Waals surface area contributed by atoms with Gasteiger partial charge in [0.25, 0.3) is 5.79 Å². The number of hydrogen-bond donors (Lipinski definition) is 2. The Bertz CT molecular complexity index is 676. The second-order valence-electron chi connectivity index (χ2n) is 7.57. The Hall–Kier alpha value is -1.94. The fourth-order valence-electron chi connectivity index (χ4n) is 3.74. The number of aliphatic hydroxyl groups is 2. The fraction of sp³-hybridized carbons (Fsp3) is 0.565. The second kappa shape index (κ2) is 11.6. The summed E-state index contributed by atoms with van der Waals surface area (Å²) in [5.74, 6) is -3.67. The van der Waals surface area contributed by atoms with E-state index < -0.39 is 29.6 Å². The van der Waals surface area contributed by atoms with Crippen LogP contribution in [0.4, 0.5) is 0 Å². The van der Waals surface area contributed by atoms with Gasteiger partial charge in [0.05, 0.1) is 24.4 Å². The van der Waals surface area contributed by atoms with E-state index >= 15 is 0 Å². The van der Waals surface area contributed by atoms with Crippen LogP contribution in [0, 0.1) is 11.8 Å². The van der Waals surface area contributed by atoms with Crippen molar-refractivity contribution in [1.29, 1.82) is 0 Å². The minimum Gasteiger partial charge on any atom is -0.386 e. The van der Waals surface area contributed by atoms with Crippen molar-refractivity contribution in [3.05, 3.63) is 48.6 Å². The summed E-state index contributed by atoms with van der Waals surface area (Å²) in [6.45, 7) is 0. The zero-order chi connectivity index (χ0) is 23.0. The maximum Gasteiger partial charge on any atom is 0.298 e. The average molecular weight is 437 g/mol. The summed E-state index contributed by atoms with van der Waals surface area (Å²) in [5.41, 5.74) is 0. The quantitative estimate of drug-likeness (QED) is 0.227. The third kappa shape index (κ3) is 6.06. The van der Waals surface area contributed by atoms with Crippen LogP contribution < -0.4 is 0 Å². The Morgan fingerprint density at radius 3 is 1.48 bits per heavy atom. The number of carbonyl (C=O) groups excluding carboxylic acids is 2. The molecule has 2 aliphatic rings. The first-order chi connectivity index (χ1) is 14.8. The van der Waals surface area contributed by atoms with Crippen LogP contribution in [0.1, 0.15) is 12.8 Å². The largest absolute Gasteiger partial charge is 0.386 e. The van der Waals surface area contributed by atoms with Gasteiger partial charge in [-0.25, -0.2) is 0 Å². The molecule has 0 saturated carbocycles. The van der Waals surface area contributed by atoms with Gasteiger partial charge in [-0.1, -0.05) is 36.5 Å². The number of aliphatic hydroxyl groups excluding tert-OH is 2. The predicted octanol–water partition coefficient (Wildman–Crippen LogP) is 1.13. The normalized spacial score (nSPS) is 31.5. The standard InChI is InChI=1S/C23H32O8/c1-28-19-13-15(5-9-17(19)24)7-11-21(26)23(30-3,31-4)22(27)12-8-16-6-10-18(25)20(14-16)29-2/h5-12,15-20,24-25H,13-14H2,1-4H3/b11-7+,12-8+. The molecule has 0 heterocycles. The first-order valence-corrected chi connectivity index (χ1v) is 10.1. The monoisotopic (exact) mass is 436 g/mol. The highest BCUT2D eigenvalue weighted by Crippen LogP contribution is 2.25. The zero-order valence-electron chi connectivity index (χ0n) is 18.3. The van der Waals surface area contributed by atoms with Gasteiger partial charge in [-0.15, -0.1) is 0 Å². The van der Waals surface area contributed by atoms with E-state index in [0.29, 0.717) is 12.8 Å². The molecule has 0 aromatic heterocycles. The molecule has 2 aliphatic carbocycles. The number of methoxy groups -OCH3 is 4. The van der Waals surface area contributed by atoms with Crippen LogP contribution in [-0.4, -0.2) is 80.4 Å². The summed E-state index contributed by atoms with van der Waals surface area (Å²) in [4.78, 5) is 25.7. The van der Waals surface area contributed by atoms with Crippen LogP contribution in [0.25, 0.3) is 0 Å². The highest BCUT2D eigenvalue weighted by molar-refractivity contribution is 6.17. The van der Waals surface area contributed by atoms with Crippen molar-refractivity contribution >= 4 is 11.6 Å². The topological polar surface area (TPSA) is 112 Å². The van der Waals surface area contributed by atoms with E-state index in [2.05, 4.69) is 0 Å². The number of hydrogen-bond acceptors (Lipinski definition) is 8. The van der Waals surface area contributed by atoms with E-state index in [1.165, 1.54) is 40.6 Å². The minimum atomic E-state index is -2.09. The third-order valence-corrected chi connectivity index (χ3v) is 5.70. The molecule has 0 bridgehead atoms. The molecule has 172 valence electrons. The number of allylic oxidation sites excluding steroid dienone is 4. The summed E-state index contributed by atoms with van der Waals surface area (Å²) in [7, 11) is 5.50. The predicted molar refractivity (Wildman–Crippen MR) is 113 cm³/mol. The van der Waals surface area contributed by atoms with Crippen molar-refractivity contribution in [2.24, 2.45) is 11.8 Å². The van der Waals surface area contributed by atoms with Gasteiger partial charge in [0.1, 0.15) is 0 Å². The van der Waals surface area contributed by atoms with Crippen LogP contribution >= 0.6 is 0 Å². The van der Waals surface area contributed by atoms with Gasteiger partial charge >= 0.3 is 0 Å². The van der Waals surface area contributed by atoms with Gasteiger partial charge in [-0.2, -0.15) is 0 Å². The average Bonchev–Trinajstić information content (AvgIpc) is 2.79. The van der Waals surface area contributed by atoms with E-state index in [1.54, 1.807) is 36.5 Å². The molecular weight excluding hydrogens is 404 g/mol. The first kappa shape index (κ1) is 25.3. The third-order valence-electron chi connectivity index (χ3n) is 5.70. The van der Waals surface area contributed by atoms with Gasteiger partial charge in [-0.05, 0) is 36.8 Å². The van der Waals surface area contributed by atoms with Gasteiger partial charge < -0.3 is 29.2 Å². The first-order valence-electron chi connectivity index (χ1n) is 10.1. The van der Waals surface area contributed by atoms with Crippen LogP contribution in [0.3, 0.4) is 0 Å². The van der Waals surface area contributed by atoms with Crippen molar-refractivity contribution in [1.82, 2.24) is 0 Å². The summed E-state index contributed by atoms with van der Waals surface area (Å²) in [5, 5.41) is 19.7. The van der Waals surface area contributed by atoms with Gasteiger partial charge in [0.15, 0.2) is 0 Å². The maximum absolute atomic E-state index is 12.9. The molecule has 0 radical (unpaired) electrons. The summed E-state index contributed by atoms with van der Waals surface area (Å²) in [6.07, 6.45) is 11.5. The number of rotatable bonds is 10. The Labute approximate surface area is 182 Å². The van der Waals surface area contributed by atoms with Crippen LogP contribution in [0.5, 0.6) is 0 Å². The van der Waals surface area contributed by atoms with Crippen LogP contribution in [0.15, 0.2) is 48.6 Å². The summed E-state index contributed by atoms with van der Waals surface area (Å²) < 4.78 is 20.9. The Balaban J connectivity index is 2.11. The van der Waals surface area contributed by atoms with E-state index in [9.17, 15) is 19.8 Å². The van der Waals surface area contributed by atoms with Gasteiger partial charge in [0.2, 0.25) is 11.6 Å². The minimum absolute atomic E-state index is 0.140. The van der Waals surface area contributed by atoms with Crippen molar-refractivity contribution in [2.75, 3.05) is 28.4 Å². The second-order valence-corrected chi connectivity index (χ2v) is 7.57. The smallest absolute Gasteiger partial charge is 0.298 e. The van der Waals surface area contributed by atoms with E-state index in [-0.39, 0.29) is 24.0 Å². The summed E-state index contributed by atoms with van der Waals surface area (Å²) in [6, 6.07) is 0. The SMILES string of the molecule is COC1CC(/C=C/C(=O)C(OC)(OC)C(=O)/C=C/C2C=CC(O)C(OC)C2)C=CC1O. The van der Waals surface area contributed by atoms with E-state index in [4.69, 9.17) is 18.9 Å². The molecule has 8 heteroatoms. The molecule has 0 amide bonds. The van der Waals surface area contributed by atoms with Gasteiger partial charge in [0, 0.05) is 28.4 Å². The van der Waals surface area contributed by atoms with Crippen molar-refractivity contribution in [3.8, 4) is 0 Å². The molecule has 2 rings (SSSR count). The lowest BCUT2D eigenvalue weighted by Gasteiger charge is -2.28. The molecule has 0 aliphatic heterocycles. The Morgan fingerprint density at radius 2 is 1.16 bits per heavy atom. The summed E-state index contributed by atoms with van der Waals surface area (Å²) >= 11 is 0. The maximum atomic E-state index is 12.9. The lowest BCUT2D eigenvalue weighted by atomic mass is 9.90. The zero-order valence-corrected chi connectivity index (χ0v) is 18.3. The fourth-order valence-corrected chi connectivity index (χ4v) is 3.74. The highest BCUT2D eigenvalue weighted by Gasteiger charge is 2.44. The van der Waals surface area contributed by atoms with Crippen LogP contribution in [0.2, 0.25) is 0 Å². The lowest BCUT2D eigenvalue weighted by Crippen LogP contribution is -2.48. The van der Waals surface area contributed by atoms with Gasteiger partial charge in [-0.3, -0.25) is 9.59 Å². The molecule has 6 unspecified atom stereocenters. The number of ether oxygens (including phenoxy) is 4. The molecule has 0 fully saturated rings. The van der Waals surface area contributed by atoms with Crippen molar-refractivity contribution < 1.29 is 38.7 Å². The Kier molecular flexibility index (Phi) is 9.49. The molecule has 0 aromatic carbocycles. The van der Waals surface area contributed by atoms with Crippen LogP contribution in [-0.2, 0) is 28.5 Å². The molecule has 8 nitrogen and oxygen atoms in total. The molecule has 0 aromatic rings. The van der Waals surface area contributed by atoms with E-state index in [0.717, 1.165) is 0 Å². The molecule has 0 saturated heterocycles. The molecular formula is C23H32O8. The van der Waals surface area contributed by atoms with Crippen molar-refractivity contribution in [3.63, 3.8) is 0 Å². The molecule has 6 atom stereocenters. The highest BCUT2D eigenvalue weighted by atomic mass is 16.7. The Morgan fingerprint density at radius 1 is 0.774 bits per heavy atom. The number of carbonyl (C=O) groups is 2. The lowest BCUT2D eigenvalue weighted by molar-refractivity contribution is -0.200. The molecule has 2 N–H and O–H groups in total. The number of ketones is 2. The molecule has 31 heavy (non-hydrogen) atoms. The van der Waals surface area contributed by atoms with Crippen molar-refractivity contribution in [2.45, 2.75) is 43.0 Å².